The molecule has 2 unspecified atom stereocenters. The minimum absolute atomic E-state index is 0.250. The first-order valence-corrected chi connectivity index (χ1v) is 6.87. The van der Waals surface area contributed by atoms with Crippen molar-refractivity contribution in [2.24, 2.45) is 0 Å². The van der Waals surface area contributed by atoms with E-state index >= 15 is 0 Å². The number of hydrogen-bond donors (Lipinski definition) is 1. The Labute approximate surface area is 102 Å². The Kier molecular flexibility index (Phi) is 3.90. The van der Waals surface area contributed by atoms with Crippen LogP contribution in [-0.4, -0.2) is 41.1 Å². The smallest absolute Gasteiger partial charge is 0.0955 e. The predicted octanol–water partition coefficient (Wildman–Crippen LogP) is 2.08. The lowest BCUT2D eigenvalue weighted by molar-refractivity contribution is 0.0754. The number of thioether (sulfide) groups is 1. The summed E-state index contributed by atoms with van der Waals surface area (Å²) >= 11 is 1.93. The van der Waals surface area contributed by atoms with Crippen molar-refractivity contribution in [2.75, 3.05) is 25.1 Å². The van der Waals surface area contributed by atoms with Crippen LogP contribution < -0.4 is 0 Å². The van der Waals surface area contributed by atoms with E-state index in [2.05, 4.69) is 24.9 Å². The molecule has 1 fully saturated rings. The number of nitrogens with zero attached hydrogens (tertiary/aromatic N) is 1. The van der Waals surface area contributed by atoms with Crippen molar-refractivity contribution in [2.45, 2.75) is 19.1 Å². The molecule has 0 spiro atoms. The third-order valence-corrected chi connectivity index (χ3v) is 4.36. The average molecular weight is 237 g/mol. The van der Waals surface area contributed by atoms with Crippen LogP contribution in [0.5, 0.6) is 0 Å². The third kappa shape index (κ3) is 2.42. The maximum Gasteiger partial charge on any atom is 0.0955 e. The van der Waals surface area contributed by atoms with Gasteiger partial charge in [-0.25, -0.2) is 0 Å². The van der Waals surface area contributed by atoms with Crippen molar-refractivity contribution in [1.29, 1.82) is 0 Å². The first-order valence-electron chi connectivity index (χ1n) is 5.71. The Bertz CT molecular complexity index is 356. The van der Waals surface area contributed by atoms with Crippen LogP contribution in [0.15, 0.2) is 24.3 Å². The van der Waals surface area contributed by atoms with E-state index in [4.69, 9.17) is 0 Å². The van der Waals surface area contributed by atoms with Crippen molar-refractivity contribution in [3.63, 3.8) is 0 Å². The van der Waals surface area contributed by atoms with Gasteiger partial charge in [-0.3, -0.25) is 4.90 Å². The molecule has 88 valence electrons. The summed E-state index contributed by atoms with van der Waals surface area (Å²) < 4.78 is 0. The summed E-state index contributed by atoms with van der Waals surface area (Å²) in [6, 6.07) is 8.37. The van der Waals surface area contributed by atoms with Gasteiger partial charge in [-0.2, -0.15) is 11.8 Å². The number of aliphatic hydroxyl groups excluding tert-OH is 1. The second-order valence-corrected chi connectivity index (χ2v) is 5.57. The van der Waals surface area contributed by atoms with Gasteiger partial charge in [0.2, 0.25) is 0 Å². The van der Waals surface area contributed by atoms with E-state index in [1.54, 1.807) is 0 Å². The molecule has 1 N–H and O–H groups in total. The van der Waals surface area contributed by atoms with E-state index in [0.717, 1.165) is 17.9 Å². The SMILES string of the molecule is Cc1ccccc1C(O)C1CSCCN1C. The lowest BCUT2D eigenvalue weighted by atomic mass is 9.98. The fourth-order valence-corrected chi connectivity index (χ4v) is 3.43. The minimum Gasteiger partial charge on any atom is -0.387 e. The Morgan fingerprint density at radius 3 is 2.88 bits per heavy atom. The van der Waals surface area contributed by atoms with Crippen LogP contribution >= 0.6 is 11.8 Å². The van der Waals surface area contributed by atoms with E-state index in [1.165, 1.54) is 11.3 Å². The van der Waals surface area contributed by atoms with Gasteiger partial charge >= 0.3 is 0 Å². The maximum atomic E-state index is 10.4. The fraction of sp³-hybridized carbons (Fsp3) is 0.538. The Hall–Kier alpha value is -0.510. The van der Waals surface area contributed by atoms with Crippen molar-refractivity contribution >= 4 is 11.8 Å². The molecule has 0 saturated carbocycles. The highest BCUT2D eigenvalue weighted by molar-refractivity contribution is 7.99. The molecule has 1 heterocycles. The molecule has 0 aliphatic carbocycles. The number of likely N-dealkylation sites (N-methyl/N-ethyl adjacent to an activating group) is 1. The van der Waals surface area contributed by atoms with Gasteiger partial charge in [-0.15, -0.1) is 0 Å². The normalized spacial score (nSPS) is 24.3. The summed E-state index contributed by atoms with van der Waals surface area (Å²) in [6.45, 7) is 3.13. The third-order valence-electron chi connectivity index (χ3n) is 3.31. The summed E-state index contributed by atoms with van der Waals surface area (Å²) in [4.78, 5) is 2.27. The summed E-state index contributed by atoms with van der Waals surface area (Å²) in [5.41, 5.74) is 2.25. The molecule has 1 saturated heterocycles. The van der Waals surface area contributed by atoms with Crippen molar-refractivity contribution in [3.05, 3.63) is 35.4 Å². The van der Waals surface area contributed by atoms with Crippen LogP contribution in [0, 0.1) is 6.92 Å². The molecular weight excluding hydrogens is 218 g/mol. The summed E-state index contributed by atoms with van der Waals surface area (Å²) in [6.07, 6.45) is -0.362. The van der Waals surface area contributed by atoms with E-state index in [-0.39, 0.29) is 12.1 Å². The van der Waals surface area contributed by atoms with Gasteiger partial charge < -0.3 is 5.11 Å². The topological polar surface area (TPSA) is 23.5 Å². The van der Waals surface area contributed by atoms with Crippen LogP contribution in [0.4, 0.5) is 0 Å². The molecule has 1 aliphatic rings. The van der Waals surface area contributed by atoms with Gasteiger partial charge in [0.1, 0.15) is 0 Å². The fourth-order valence-electron chi connectivity index (χ4n) is 2.16. The molecule has 3 heteroatoms. The molecule has 1 aromatic rings. The number of rotatable bonds is 2. The zero-order valence-corrected chi connectivity index (χ0v) is 10.7. The second-order valence-electron chi connectivity index (χ2n) is 4.42. The Morgan fingerprint density at radius 2 is 2.19 bits per heavy atom. The molecule has 0 amide bonds. The first kappa shape index (κ1) is 12.0. The highest BCUT2D eigenvalue weighted by Crippen LogP contribution is 2.28. The van der Waals surface area contributed by atoms with E-state index in [0.29, 0.717) is 0 Å². The minimum atomic E-state index is -0.362. The van der Waals surface area contributed by atoms with Crippen LogP contribution in [0.1, 0.15) is 17.2 Å². The number of aryl methyl sites for hydroxylation is 1. The van der Waals surface area contributed by atoms with Crippen molar-refractivity contribution < 1.29 is 5.11 Å². The van der Waals surface area contributed by atoms with Crippen LogP contribution in [0.2, 0.25) is 0 Å². The van der Waals surface area contributed by atoms with Gasteiger partial charge in [0.25, 0.3) is 0 Å². The quantitative estimate of drug-likeness (QED) is 0.852. The molecule has 2 atom stereocenters. The number of benzene rings is 1. The van der Waals surface area contributed by atoms with Gasteiger partial charge in [0, 0.05) is 24.1 Å². The molecule has 0 bridgehead atoms. The largest absolute Gasteiger partial charge is 0.387 e. The molecule has 16 heavy (non-hydrogen) atoms. The van der Waals surface area contributed by atoms with Crippen molar-refractivity contribution in [1.82, 2.24) is 4.90 Å². The van der Waals surface area contributed by atoms with E-state index in [9.17, 15) is 5.11 Å². The van der Waals surface area contributed by atoms with E-state index in [1.807, 2.05) is 30.0 Å². The van der Waals surface area contributed by atoms with Crippen LogP contribution in [0.25, 0.3) is 0 Å². The van der Waals surface area contributed by atoms with E-state index < -0.39 is 0 Å². The summed E-state index contributed by atoms with van der Waals surface area (Å²) in [5.74, 6) is 2.19. The van der Waals surface area contributed by atoms with Crippen molar-refractivity contribution in [3.8, 4) is 0 Å². The Morgan fingerprint density at radius 1 is 1.44 bits per heavy atom. The van der Waals surface area contributed by atoms with Gasteiger partial charge in [0.05, 0.1) is 6.10 Å². The maximum absolute atomic E-state index is 10.4. The molecule has 1 aromatic carbocycles. The van der Waals surface area contributed by atoms with Gasteiger partial charge in [0.15, 0.2) is 0 Å². The monoisotopic (exact) mass is 237 g/mol. The lowest BCUT2D eigenvalue weighted by Crippen LogP contribution is -2.43. The van der Waals surface area contributed by atoms with Crippen LogP contribution in [-0.2, 0) is 0 Å². The second kappa shape index (κ2) is 5.21. The molecule has 1 aliphatic heterocycles. The highest BCUT2D eigenvalue weighted by atomic mass is 32.2. The molecular formula is C13H19NOS. The first-order chi connectivity index (χ1) is 7.70. The molecule has 2 nitrogen and oxygen atoms in total. The average Bonchev–Trinajstić information content (AvgIpc) is 2.29. The summed E-state index contributed by atoms with van der Waals surface area (Å²) in [5, 5.41) is 10.4. The number of aliphatic hydroxyl groups is 1. The molecule has 2 rings (SSSR count). The Balaban J connectivity index is 2.17. The zero-order chi connectivity index (χ0) is 11.5. The molecule has 0 aromatic heterocycles. The molecule has 0 radical (unpaired) electrons. The standard InChI is InChI=1S/C13H19NOS/c1-10-5-3-4-6-11(10)13(15)12-9-16-8-7-14(12)2/h3-6,12-13,15H,7-9H2,1-2H3. The number of hydrogen-bond acceptors (Lipinski definition) is 3. The lowest BCUT2D eigenvalue weighted by Gasteiger charge is -2.35. The summed E-state index contributed by atoms with van der Waals surface area (Å²) in [7, 11) is 2.10. The predicted molar refractivity (Wildman–Crippen MR) is 69.9 cm³/mol. The zero-order valence-electron chi connectivity index (χ0n) is 9.89. The van der Waals surface area contributed by atoms with Gasteiger partial charge in [-0.05, 0) is 25.1 Å². The van der Waals surface area contributed by atoms with Gasteiger partial charge in [-0.1, -0.05) is 24.3 Å². The highest BCUT2D eigenvalue weighted by Gasteiger charge is 2.28. The van der Waals surface area contributed by atoms with Crippen LogP contribution in [0.3, 0.4) is 0 Å².